The van der Waals surface area contributed by atoms with Gasteiger partial charge in [0.2, 0.25) is 12.3 Å². The van der Waals surface area contributed by atoms with Gasteiger partial charge in [-0.3, -0.25) is 39.1 Å². The van der Waals surface area contributed by atoms with Crippen LogP contribution in [0.4, 0.5) is 17.1 Å². The normalized spacial score (nSPS) is 21.2. The first-order chi connectivity index (χ1) is 28.0. The summed E-state index contributed by atoms with van der Waals surface area (Å²) in [5.74, 6) is -1.12. The molecule has 0 bridgehead atoms. The van der Waals surface area contributed by atoms with Gasteiger partial charge in [-0.25, -0.2) is 0 Å². The van der Waals surface area contributed by atoms with Crippen molar-refractivity contribution in [1.82, 2.24) is 20.0 Å². The molecule has 0 aliphatic carbocycles. The maximum absolute atomic E-state index is 13.6. The quantitative estimate of drug-likeness (QED) is 0.225. The number of benzene rings is 3. The average molecular weight is 805 g/mol. The van der Waals surface area contributed by atoms with Crippen LogP contribution < -0.4 is 20.0 Å². The van der Waals surface area contributed by atoms with Gasteiger partial charge in [-0.1, -0.05) is 11.6 Å². The van der Waals surface area contributed by atoms with Crippen molar-refractivity contribution >= 4 is 58.7 Å². The molecule has 1 spiro atoms. The molecule has 4 fully saturated rings. The fraction of sp³-hybridized carbons (Fsp3) is 0.455. The third-order valence-corrected chi connectivity index (χ3v) is 13.9. The summed E-state index contributed by atoms with van der Waals surface area (Å²) in [5.41, 5.74) is 5.31. The van der Waals surface area contributed by atoms with Crippen molar-refractivity contribution in [3.63, 3.8) is 0 Å². The summed E-state index contributed by atoms with van der Waals surface area (Å²) in [7, 11) is 0. The summed E-state index contributed by atoms with van der Waals surface area (Å²) in [5, 5.41) is 11.9. The Labute approximate surface area is 344 Å². The lowest BCUT2D eigenvalue weighted by Crippen LogP contribution is -2.63. The largest absolute Gasteiger partial charge is 0.371 e. The maximum atomic E-state index is 13.6. The predicted molar refractivity (Wildman–Crippen MR) is 221 cm³/mol. The van der Waals surface area contributed by atoms with E-state index in [1.165, 1.54) is 4.90 Å². The topological polar surface area (TPSA) is 141 Å². The number of halogens is 1. The predicted octanol–water partition coefficient (Wildman–Crippen LogP) is 4.78. The average Bonchev–Trinajstić information content (AvgIpc) is 3.67. The number of imide groups is 2. The first-order valence-corrected chi connectivity index (χ1v) is 20.7. The molecular weight excluding hydrogens is 756 g/mol. The number of anilines is 3. The molecule has 2 atom stereocenters. The summed E-state index contributed by atoms with van der Waals surface area (Å²) in [6.45, 7) is 11.5. The number of fused-ring (bicyclic) bond motifs is 1. The second-order valence-corrected chi connectivity index (χ2v) is 16.9. The van der Waals surface area contributed by atoms with Crippen molar-refractivity contribution in [2.24, 2.45) is 5.41 Å². The van der Waals surface area contributed by atoms with Crippen molar-refractivity contribution < 1.29 is 24.0 Å². The molecule has 302 valence electrons. The van der Waals surface area contributed by atoms with Crippen molar-refractivity contribution in [3.05, 3.63) is 87.9 Å². The lowest BCUT2D eigenvalue weighted by Gasteiger charge is -2.49. The van der Waals surface area contributed by atoms with E-state index in [-0.39, 0.29) is 36.0 Å². The molecule has 14 heteroatoms. The standard InChI is InChI=1S/C44H49ClN8O5/c1-29(3-12-40(55)47-28-54)53-42(57)37-11-10-34(23-38(37)43(53)58)51-26-36(27-51)49-19-21-50(22-20-49)41(56)31-4-7-33(8-5-31)48-16-13-44(14-17-48)15-18-52(30(44)2)35-9-6-32(25-46)39(45)24-35/h4-11,23-24,28-30,36H,3,12-22,26-27H2,1-2H3,(H,47,54,55). The lowest BCUT2D eigenvalue weighted by atomic mass is 9.73. The van der Waals surface area contributed by atoms with Gasteiger partial charge in [-0.2, -0.15) is 5.26 Å². The Morgan fingerprint density at radius 2 is 1.52 bits per heavy atom. The molecule has 58 heavy (non-hydrogen) atoms. The van der Waals surface area contributed by atoms with Crippen molar-refractivity contribution in [1.29, 1.82) is 5.26 Å². The third kappa shape index (κ3) is 7.28. The molecule has 3 aromatic rings. The van der Waals surface area contributed by atoms with Crippen LogP contribution >= 0.6 is 11.6 Å². The molecule has 4 saturated heterocycles. The van der Waals surface area contributed by atoms with E-state index < -0.39 is 11.9 Å². The third-order valence-electron chi connectivity index (χ3n) is 13.5. The highest BCUT2D eigenvalue weighted by atomic mass is 35.5. The molecule has 5 aliphatic rings. The van der Waals surface area contributed by atoms with Gasteiger partial charge in [0, 0.05) is 106 Å². The zero-order chi connectivity index (χ0) is 40.7. The van der Waals surface area contributed by atoms with E-state index in [1.807, 2.05) is 41.3 Å². The molecule has 0 saturated carbocycles. The Kier molecular flexibility index (Phi) is 10.9. The van der Waals surface area contributed by atoms with E-state index >= 15 is 0 Å². The summed E-state index contributed by atoms with van der Waals surface area (Å²) in [6.07, 6.45) is 3.95. The Morgan fingerprint density at radius 3 is 2.19 bits per heavy atom. The van der Waals surface area contributed by atoms with Crippen molar-refractivity contribution in [3.8, 4) is 6.07 Å². The van der Waals surface area contributed by atoms with Gasteiger partial charge in [0.05, 0.1) is 21.7 Å². The monoisotopic (exact) mass is 804 g/mol. The van der Waals surface area contributed by atoms with E-state index in [1.54, 1.807) is 19.1 Å². The molecule has 5 aliphatic heterocycles. The summed E-state index contributed by atoms with van der Waals surface area (Å²) >= 11 is 6.37. The lowest BCUT2D eigenvalue weighted by molar-refractivity contribution is -0.125. The van der Waals surface area contributed by atoms with Crippen molar-refractivity contribution in [2.75, 3.05) is 73.6 Å². The number of hydrogen-bond donors (Lipinski definition) is 1. The van der Waals surface area contributed by atoms with Gasteiger partial charge in [0.25, 0.3) is 17.7 Å². The van der Waals surface area contributed by atoms with Gasteiger partial charge in [-0.15, -0.1) is 0 Å². The fourth-order valence-corrected chi connectivity index (χ4v) is 9.93. The number of piperidine rings is 1. The minimum Gasteiger partial charge on any atom is -0.371 e. The number of rotatable bonds is 10. The van der Waals surface area contributed by atoms with Crippen molar-refractivity contribution in [2.45, 2.75) is 64.1 Å². The number of carbonyl (C=O) groups excluding carboxylic acids is 5. The van der Waals surface area contributed by atoms with E-state index in [0.717, 1.165) is 82.1 Å². The minimum absolute atomic E-state index is 0.0322. The number of piperazine rings is 1. The molecule has 3 aromatic carbocycles. The van der Waals surface area contributed by atoms with Gasteiger partial charge in [-0.05, 0) is 106 Å². The number of amides is 5. The van der Waals surface area contributed by atoms with Crippen LogP contribution in [0.3, 0.4) is 0 Å². The molecule has 2 unspecified atom stereocenters. The second-order valence-electron chi connectivity index (χ2n) is 16.5. The van der Waals surface area contributed by atoms with Gasteiger partial charge < -0.3 is 19.6 Å². The van der Waals surface area contributed by atoms with E-state index in [4.69, 9.17) is 11.6 Å². The summed E-state index contributed by atoms with van der Waals surface area (Å²) in [4.78, 5) is 74.9. The number of nitrogens with one attached hydrogen (secondary N) is 1. The number of carbonyl (C=O) groups is 5. The number of nitrogens with zero attached hydrogens (tertiary/aromatic N) is 7. The first kappa shape index (κ1) is 39.4. The highest BCUT2D eigenvalue weighted by Gasteiger charge is 2.47. The molecule has 1 N–H and O–H groups in total. The zero-order valence-corrected chi connectivity index (χ0v) is 33.8. The zero-order valence-electron chi connectivity index (χ0n) is 33.0. The Bertz CT molecular complexity index is 2150. The SMILES string of the molecule is CC(CCC(=O)NC=O)N1C(=O)c2ccc(N3CC(N4CCN(C(=O)c5ccc(N6CCC7(CC6)CCN(c6ccc(C#N)c(Cl)c6)C7C)cc5)CC4)C3)cc2C1=O. The van der Waals surface area contributed by atoms with Crippen LogP contribution in [0.15, 0.2) is 60.7 Å². The molecule has 13 nitrogen and oxygen atoms in total. The van der Waals surface area contributed by atoms with E-state index in [2.05, 4.69) is 50.0 Å². The first-order valence-electron chi connectivity index (χ1n) is 20.3. The molecule has 8 rings (SSSR count). The molecule has 5 amide bonds. The van der Waals surface area contributed by atoms with Crippen LogP contribution in [0.1, 0.15) is 82.6 Å². The Balaban J connectivity index is 0.789. The number of hydrogen-bond acceptors (Lipinski definition) is 10. The highest BCUT2D eigenvalue weighted by molar-refractivity contribution is 6.32. The smallest absolute Gasteiger partial charge is 0.261 e. The summed E-state index contributed by atoms with van der Waals surface area (Å²) < 4.78 is 0. The van der Waals surface area contributed by atoms with E-state index in [0.29, 0.717) is 58.9 Å². The molecule has 0 aromatic heterocycles. The highest BCUT2D eigenvalue weighted by Crippen LogP contribution is 2.47. The van der Waals surface area contributed by atoms with Crippen LogP contribution in [-0.4, -0.2) is 122 Å². The van der Waals surface area contributed by atoms with Crippen LogP contribution in [0.25, 0.3) is 0 Å². The number of nitriles is 1. The molecule has 0 radical (unpaired) electrons. The van der Waals surface area contributed by atoms with Crippen LogP contribution in [0.2, 0.25) is 5.02 Å². The second kappa shape index (κ2) is 16.1. The van der Waals surface area contributed by atoms with E-state index in [9.17, 15) is 29.2 Å². The molecular formula is C44H49ClN8O5. The maximum Gasteiger partial charge on any atom is 0.261 e. The Hall–Kier alpha value is -5.45. The van der Waals surface area contributed by atoms with Gasteiger partial charge in [0.1, 0.15) is 6.07 Å². The Morgan fingerprint density at radius 1 is 0.862 bits per heavy atom. The van der Waals surface area contributed by atoms with Crippen LogP contribution in [0.5, 0.6) is 0 Å². The van der Waals surface area contributed by atoms with Crippen LogP contribution in [0, 0.1) is 16.7 Å². The minimum atomic E-state index is -0.488. The molecule has 5 heterocycles. The van der Waals surface area contributed by atoms with Crippen LogP contribution in [-0.2, 0) is 9.59 Å². The van der Waals surface area contributed by atoms with Gasteiger partial charge in [0.15, 0.2) is 0 Å². The fourth-order valence-electron chi connectivity index (χ4n) is 9.72. The summed E-state index contributed by atoms with van der Waals surface area (Å²) in [6, 6.07) is 21.6. The van der Waals surface area contributed by atoms with Gasteiger partial charge >= 0.3 is 0 Å².